The van der Waals surface area contributed by atoms with E-state index >= 15 is 0 Å². The van der Waals surface area contributed by atoms with Gasteiger partial charge < -0.3 is 11.1 Å². The lowest BCUT2D eigenvalue weighted by molar-refractivity contribution is -0.137. The molecule has 1 aromatic carbocycles. The smallest absolute Gasteiger partial charge is 0.370 e. The molecule has 0 saturated heterocycles. The number of amides is 1. The van der Waals surface area contributed by atoms with Gasteiger partial charge in [-0.3, -0.25) is 4.79 Å². The summed E-state index contributed by atoms with van der Waals surface area (Å²) in [6, 6.07) is 4.75. The zero-order valence-corrected chi connectivity index (χ0v) is 10.8. The molecule has 1 rings (SSSR count). The molecule has 0 aromatic heterocycles. The van der Waals surface area contributed by atoms with E-state index in [1.54, 1.807) is 6.92 Å². The van der Waals surface area contributed by atoms with Gasteiger partial charge in [-0.1, -0.05) is 19.1 Å². The number of alkyl halides is 3. The second kappa shape index (κ2) is 5.61. The third-order valence-electron chi connectivity index (χ3n) is 2.94. The van der Waals surface area contributed by atoms with Crippen LogP contribution >= 0.6 is 0 Å². The minimum absolute atomic E-state index is 0.0200. The van der Waals surface area contributed by atoms with Crippen LogP contribution in [0, 0.1) is 0 Å². The second-order valence-electron chi connectivity index (χ2n) is 4.58. The van der Waals surface area contributed by atoms with Crippen molar-refractivity contribution in [2.75, 3.05) is 6.54 Å². The van der Waals surface area contributed by atoms with Gasteiger partial charge >= 0.3 is 6.18 Å². The molecule has 1 amide bonds. The van der Waals surface area contributed by atoms with E-state index in [9.17, 15) is 18.0 Å². The Balaban J connectivity index is 3.07. The number of benzene rings is 1. The van der Waals surface area contributed by atoms with Crippen LogP contribution in [0.2, 0.25) is 0 Å². The Hall–Kier alpha value is -1.56. The maximum atomic E-state index is 12.5. The largest absolute Gasteiger partial charge is 0.416 e. The number of rotatable bonds is 5. The fourth-order valence-corrected chi connectivity index (χ4v) is 2.03. The fourth-order valence-electron chi connectivity index (χ4n) is 2.03. The minimum Gasteiger partial charge on any atom is -0.370 e. The van der Waals surface area contributed by atoms with Crippen molar-refractivity contribution in [1.29, 1.82) is 0 Å². The molecule has 0 fully saturated rings. The molecule has 0 saturated carbocycles. The molecule has 106 valence electrons. The van der Waals surface area contributed by atoms with Gasteiger partial charge in [0.05, 0.1) is 5.56 Å². The van der Waals surface area contributed by atoms with Crippen LogP contribution < -0.4 is 11.1 Å². The topological polar surface area (TPSA) is 55.1 Å². The van der Waals surface area contributed by atoms with Gasteiger partial charge in [-0.2, -0.15) is 13.2 Å². The van der Waals surface area contributed by atoms with Crippen LogP contribution in [0.25, 0.3) is 0 Å². The Labute approximate surface area is 110 Å². The van der Waals surface area contributed by atoms with Gasteiger partial charge in [-0.25, -0.2) is 0 Å². The summed E-state index contributed by atoms with van der Waals surface area (Å²) in [7, 11) is 0. The van der Waals surface area contributed by atoms with Crippen molar-refractivity contribution in [3.63, 3.8) is 0 Å². The standard InChI is InChI=1S/C13H17F3N2O/c1-3-18-12(2,8-11(17)19)9-4-6-10(7-5-9)13(14,15)16/h4-7,18H,3,8H2,1-2H3,(H2,17,19). The monoisotopic (exact) mass is 274 g/mol. The van der Waals surface area contributed by atoms with Gasteiger partial charge in [0.25, 0.3) is 0 Å². The average Bonchev–Trinajstić information content (AvgIpc) is 2.27. The maximum absolute atomic E-state index is 12.5. The van der Waals surface area contributed by atoms with E-state index in [4.69, 9.17) is 5.73 Å². The van der Waals surface area contributed by atoms with Crippen molar-refractivity contribution in [2.45, 2.75) is 32.0 Å². The fraction of sp³-hybridized carbons (Fsp3) is 0.462. The van der Waals surface area contributed by atoms with Crippen LogP contribution in [0.15, 0.2) is 24.3 Å². The lowest BCUT2D eigenvalue weighted by atomic mass is 9.87. The highest BCUT2D eigenvalue weighted by Gasteiger charge is 2.32. The number of hydrogen-bond acceptors (Lipinski definition) is 2. The molecule has 0 aliphatic heterocycles. The van der Waals surface area contributed by atoms with Crippen LogP contribution in [-0.4, -0.2) is 12.5 Å². The average molecular weight is 274 g/mol. The van der Waals surface area contributed by atoms with Crippen molar-refractivity contribution in [3.8, 4) is 0 Å². The SMILES string of the molecule is CCNC(C)(CC(N)=O)c1ccc(C(F)(F)F)cc1. The summed E-state index contributed by atoms with van der Waals surface area (Å²) in [6.45, 7) is 4.16. The molecule has 19 heavy (non-hydrogen) atoms. The Morgan fingerprint density at radius 2 is 1.68 bits per heavy atom. The van der Waals surface area contributed by atoms with E-state index in [1.807, 2.05) is 6.92 Å². The Kier molecular flexibility index (Phi) is 4.57. The molecule has 0 aliphatic carbocycles. The zero-order chi connectivity index (χ0) is 14.7. The second-order valence-corrected chi connectivity index (χ2v) is 4.58. The van der Waals surface area contributed by atoms with Gasteiger partial charge in [0.15, 0.2) is 0 Å². The highest BCUT2D eigenvalue weighted by molar-refractivity contribution is 5.75. The van der Waals surface area contributed by atoms with Crippen LogP contribution in [0.1, 0.15) is 31.4 Å². The van der Waals surface area contributed by atoms with E-state index in [0.29, 0.717) is 12.1 Å². The number of carbonyl (C=O) groups is 1. The van der Waals surface area contributed by atoms with Gasteiger partial charge in [-0.15, -0.1) is 0 Å². The maximum Gasteiger partial charge on any atom is 0.416 e. The van der Waals surface area contributed by atoms with Crippen LogP contribution in [0.3, 0.4) is 0 Å². The molecule has 0 bridgehead atoms. The van der Waals surface area contributed by atoms with Crippen LogP contribution in [-0.2, 0) is 16.5 Å². The zero-order valence-electron chi connectivity index (χ0n) is 10.8. The van der Waals surface area contributed by atoms with Gasteiger partial charge in [0, 0.05) is 12.0 Å². The number of carbonyl (C=O) groups excluding carboxylic acids is 1. The highest BCUT2D eigenvalue weighted by atomic mass is 19.4. The number of hydrogen-bond donors (Lipinski definition) is 2. The molecule has 0 spiro atoms. The number of primary amides is 1. The molecule has 0 heterocycles. The molecule has 6 heteroatoms. The normalized spacial score (nSPS) is 15.0. The van der Waals surface area contributed by atoms with Crippen molar-refractivity contribution >= 4 is 5.91 Å². The first-order valence-corrected chi connectivity index (χ1v) is 5.90. The summed E-state index contributed by atoms with van der Waals surface area (Å²) >= 11 is 0. The number of nitrogens with two attached hydrogens (primary N) is 1. The lowest BCUT2D eigenvalue weighted by Gasteiger charge is -2.30. The predicted molar refractivity (Wildman–Crippen MR) is 66.3 cm³/mol. The van der Waals surface area contributed by atoms with Gasteiger partial charge in [-0.05, 0) is 31.2 Å². The predicted octanol–water partition coefficient (Wildman–Crippen LogP) is 2.41. The van der Waals surface area contributed by atoms with Crippen molar-refractivity contribution in [3.05, 3.63) is 35.4 Å². The molecule has 3 nitrogen and oxygen atoms in total. The first-order valence-electron chi connectivity index (χ1n) is 5.90. The van der Waals surface area contributed by atoms with E-state index < -0.39 is 23.2 Å². The molecule has 3 N–H and O–H groups in total. The van der Waals surface area contributed by atoms with Crippen molar-refractivity contribution < 1.29 is 18.0 Å². The van der Waals surface area contributed by atoms with E-state index in [-0.39, 0.29) is 6.42 Å². The van der Waals surface area contributed by atoms with Crippen molar-refractivity contribution in [2.24, 2.45) is 5.73 Å². The Morgan fingerprint density at radius 3 is 2.05 bits per heavy atom. The summed E-state index contributed by atoms with van der Waals surface area (Å²) in [4.78, 5) is 11.1. The van der Waals surface area contributed by atoms with Gasteiger partial charge in [0.2, 0.25) is 5.91 Å². The molecular formula is C13H17F3N2O. The highest BCUT2D eigenvalue weighted by Crippen LogP contribution is 2.31. The Morgan fingerprint density at radius 1 is 1.21 bits per heavy atom. The molecule has 1 unspecified atom stereocenters. The van der Waals surface area contributed by atoms with E-state index in [1.165, 1.54) is 12.1 Å². The molecule has 0 radical (unpaired) electrons. The number of nitrogens with one attached hydrogen (secondary N) is 1. The van der Waals surface area contributed by atoms with Crippen LogP contribution in [0.5, 0.6) is 0 Å². The molecule has 1 aromatic rings. The first kappa shape index (κ1) is 15.5. The minimum atomic E-state index is -4.36. The lowest BCUT2D eigenvalue weighted by Crippen LogP contribution is -2.42. The Bertz CT molecular complexity index is 442. The van der Waals surface area contributed by atoms with Crippen molar-refractivity contribution in [1.82, 2.24) is 5.32 Å². The summed E-state index contributed by atoms with van der Waals surface area (Å²) in [5.41, 5.74) is 4.31. The molecule has 0 aliphatic rings. The number of halogens is 3. The van der Waals surface area contributed by atoms with E-state index in [2.05, 4.69) is 5.32 Å². The summed E-state index contributed by atoms with van der Waals surface area (Å²) in [6.07, 6.45) is -4.34. The summed E-state index contributed by atoms with van der Waals surface area (Å²) < 4.78 is 37.5. The molecule has 1 atom stereocenters. The summed E-state index contributed by atoms with van der Waals surface area (Å²) in [5.74, 6) is -0.511. The first-order chi connectivity index (χ1) is 8.69. The molecular weight excluding hydrogens is 257 g/mol. The van der Waals surface area contributed by atoms with Gasteiger partial charge in [0.1, 0.15) is 0 Å². The third-order valence-corrected chi connectivity index (χ3v) is 2.94. The quantitative estimate of drug-likeness (QED) is 0.866. The van der Waals surface area contributed by atoms with Crippen LogP contribution in [0.4, 0.5) is 13.2 Å². The third kappa shape index (κ3) is 3.96. The van der Waals surface area contributed by atoms with E-state index in [0.717, 1.165) is 12.1 Å². The summed E-state index contributed by atoms with van der Waals surface area (Å²) in [5, 5.41) is 3.08.